The van der Waals surface area contributed by atoms with Crippen LogP contribution in [0.5, 0.6) is 11.5 Å². The molecule has 0 spiro atoms. The lowest BCUT2D eigenvalue weighted by Crippen LogP contribution is -2.33. The predicted molar refractivity (Wildman–Crippen MR) is 114 cm³/mol. The summed E-state index contributed by atoms with van der Waals surface area (Å²) in [7, 11) is 4.66. The summed E-state index contributed by atoms with van der Waals surface area (Å²) in [5, 5.41) is 3.16. The Morgan fingerprint density at radius 1 is 0.933 bits per heavy atom. The molecule has 0 saturated carbocycles. The summed E-state index contributed by atoms with van der Waals surface area (Å²) in [6.07, 6.45) is 0.560. The minimum atomic E-state index is -0.359. The van der Waals surface area contributed by atoms with Gasteiger partial charge in [0.2, 0.25) is 0 Å². The molecule has 158 valence electrons. The van der Waals surface area contributed by atoms with Crippen LogP contribution < -0.4 is 14.8 Å². The summed E-state index contributed by atoms with van der Waals surface area (Å²) in [4.78, 5) is 27.6. The van der Waals surface area contributed by atoms with Crippen molar-refractivity contribution in [1.82, 2.24) is 4.90 Å². The number of carbonyl (C=O) groups excluding carboxylic acids is 2. The Bertz CT molecular complexity index is 983. The van der Waals surface area contributed by atoms with E-state index in [9.17, 15) is 9.59 Å². The van der Waals surface area contributed by atoms with Crippen LogP contribution in [0, 0.1) is 6.92 Å². The second-order valence-corrected chi connectivity index (χ2v) is 6.92. The molecule has 3 rings (SSSR count). The third kappa shape index (κ3) is 4.31. The zero-order chi connectivity index (χ0) is 21.7. The van der Waals surface area contributed by atoms with Crippen LogP contribution in [0.25, 0.3) is 5.57 Å². The largest absolute Gasteiger partial charge is 0.493 e. The smallest absolute Gasteiger partial charge is 0.278 e. The molecule has 2 amide bonds. The normalized spacial score (nSPS) is 13.8. The summed E-state index contributed by atoms with van der Waals surface area (Å²) < 4.78 is 15.7. The number of aryl methyl sites for hydroxylation is 1. The van der Waals surface area contributed by atoms with Crippen molar-refractivity contribution in [2.24, 2.45) is 0 Å². The van der Waals surface area contributed by atoms with E-state index in [4.69, 9.17) is 14.2 Å². The van der Waals surface area contributed by atoms with Crippen LogP contribution in [-0.4, -0.2) is 51.2 Å². The highest BCUT2D eigenvalue weighted by atomic mass is 16.5. The molecule has 0 bridgehead atoms. The topological polar surface area (TPSA) is 77.1 Å². The van der Waals surface area contributed by atoms with Crippen LogP contribution in [0.15, 0.2) is 48.2 Å². The number of anilines is 1. The molecule has 7 nitrogen and oxygen atoms in total. The maximum atomic E-state index is 13.2. The molecule has 1 aliphatic rings. The van der Waals surface area contributed by atoms with E-state index >= 15 is 0 Å². The number of carbonyl (C=O) groups is 2. The van der Waals surface area contributed by atoms with Gasteiger partial charge in [-0.25, -0.2) is 0 Å². The van der Waals surface area contributed by atoms with E-state index in [2.05, 4.69) is 5.32 Å². The summed E-state index contributed by atoms with van der Waals surface area (Å²) in [5.41, 5.74) is 2.91. The molecule has 0 atom stereocenters. The third-order valence-electron chi connectivity index (χ3n) is 4.86. The number of hydrogen-bond donors (Lipinski definition) is 1. The van der Waals surface area contributed by atoms with Crippen molar-refractivity contribution in [2.45, 2.75) is 13.3 Å². The molecule has 0 fully saturated rings. The van der Waals surface area contributed by atoms with Crippen LogP contribution >= 0.6 is 0 Å². The lowest BCUT2D eigenvalue weighted by atomic mass is 10.0. The molecule has 2 aromatic carbocycles. The quantitative estimate of drug-likeness (QED) is 0.505. The van der Waals surface area contributed by atoms with Gasteiger partial charge in [-0.05, 0) is 48.7 Å². The zero-order valence-corrected chi connectivity index (χ0v) is 17.7. The van der Waals surface area contributed by atoms with Gasteiger partial charge in [0, 0.05) is 25.9 Å². The Kier molecular flexibility index (Phi) is 6.74. The average Bonchev–Trinajstić information content (AvgIpc) is 2.97. The highest BCUT2D eigenvalue weighted by molar-refractivity contribution is 6.36. The third-order valence-corrected chi connectivity index (χ3v) is 4.86. The van der Waals surface area contributed by atoms with Crippen molar-refractivity contribution < 1.29 is 23.8 Å². The highest BCUT2D eigenvalue weighted by Crippen LogP contribution is 2.35. The number of methoxy groups -OCH3 is 3. The molecule has 1 N–H and O–H groups in total. The van der Waals surface area contributed by atoms with E-state index in [-0.39, 0.29) is 24.1 Å². The van der Waals surface area contributed by atoms with Crippen molar-refractivity contribution in [3.05, 3.63) is 59.3 Å². The van der Waals surface area contributed by atoms with Crippen LogP contribution in [0.2, 0.25) is 0 Å². The van der Waals surface area contributed by atoms with E-state index in [0.29, 0.717) is 35.7 Å². The van der Waals surface area contributed by atoms with Gasteiger partial charge in [0.1, 0.15) is 5.70 Å². The monoisotopic (exact) mass is 410 g/mol. The Labute approximate surface area is 176 Å². The van der Waals surface area contributed by atoms with Gasteiger partial charge in [0.15, 0.2) is 11.5 Å². The number of nitrogens with zero attached hydrogens (tertiary/aromatic N) is 1. The molecule has 7 heteroatoms. The standard InChI is InChI=1S/C23H26N2O5/c1-15-7-5-8-17(13-15)24-21-20(16-9-10-18(29-3)19(14-16)30-4)22(26)25(23(21)27)11-6-12-28-2/h5,7-10,13-14,24H,6,11-12H2,1-4H3. The predicted octanol–water partition coefficient (Wildman–Crippen LogP) is 3.24. The van der Waals surface area contributed by atoms with Crippen molar-refractivity contribution >= 4 is 23.1 Å². The van der Waals surface area contributed by atoms with E-state index < -0.39 is 0 Å². The van der Waals surface area contributed by atoms with Gasteiger partial charge in [-0.2, -0.15) is 0 Å². The molecular weight excluding hydrogens is 384 g/mol. The summed E-state index contributed by atoms with van der Waals surface area (Å²) in [6.45, 7) is 2.71. The number of imide groups is 1. The minimum Gasteiger partial charge on any atom is -0.493 e. The van der Waals surface area contributed by atoms with Gasteiger partial charge in [0.05, 0.1) is 19.8 Å². The first kappa shape index (κ1) is 21.4. The molecule has 2 aromatic rings. The van der Waals surface area contributed by atoms with Gasteiger partial charge in [-0.3, -0.25) is 14.5 Å². The fourth-order valence-electron chi connectivity index (χ4n) is 3.39. The van der Waals surface area contributed by atoms with E-state index in [1.165, 1.54) is 12.0 Å². The second-order valence-electron chi connectivity index (χ2n) is 6.92. The van der Waals surface area contributed by atoms with Gasteiger partial charge >= 0.3 is 0 Å². The summed E-state index contributed by atoms with van der Waals surface area (Å²) >= 11 is 0. The summed E-state index contributed by atoms with van der Waals surface area (Å²) in [6, 6.07) is 12.8. The fraction of sp³-hybridized carbons (Fsp3) is 0.304. The number of nitrogens with one attached hydrogen (secondary N) is 1. The van der Waals surface area contributed by atoms with Gasteiger partial charge in [-0.15, -0.1) is 0 Å². The first-order valence-corrected chi connectivity index (χ1v) is 9.65. The number of hydrogen-bond acceptors (Lipinski definition) is 6. The molecule has 0 saturated heterocycles. The molecule has 0 aromatic heterocycles. The Morgan fingerprint density at radius 2 is 1.70 bits per heavy atom. The van der Waals surface area contributed by atoms with Crippen molar-refractivity contribution in [2.75, 3.05) is 39.8 Å². The lowest BCUT2D eigenvalue weighted by Gasteiger charge is -2.15. The minimum absolute atomic E-state index is 0.246. The number of rotatable bonds is 9. The van der Waals surface area contributed by atoms with Gasteiger partial charge in [0.25, 0.3) is 11.8 Å². The summed E-state index contributed by atoms with van der Waals surface area (Å²) in [5.74, 6) is 0.320. The molecule has 0 radical (unpaired) electrons. The van der Waals surface area contributed by atoms with Crippen LogP contribution in [-0.2, 0) is 14.3 Å². The van der Waals surface area contributed by atoms with Crippen LogP contribution in [0.4, 0.5) is 5.69 Å². The van der Waals surface area contributed by atoms with Crippen LogP contribution in [0.3, 0.4) is 0 Å². The second kappa shape index (κ2) is 9.45. The molecule has 1 heterocycles. The zero-order valence-electron chi connectivity index (χ0n) is 17.7. The van der Waals surface area contributed by atoms with E-state index in [1.807, 2.05) is 31.2 Å². The van der Waals surface area contributed by atoms with Crippen molar-refractivity contribution in [3.63, 3.8) is 0 Å². The maximum Gasteiger partial charge on any atom is 0.278 e. The van der Waals surface area contributed by atoms with E-state index in [0.717, 1.165) is 11.3 Å². The average molecular weight is 410 g/mol. The Balaban J connectivity index is 2.05. The maximum absolute atomic E-state index is 13.2. The highest BCUT2D eigenvalue weighted by Gasteiger charge is 2.39. The number of benzene rings is 2. The Hall–Kier alpha value is -3.32. The molecule has 0 aliphatic carbocycles. The Morgan fingerprint density at radius 3 is 2.37 bits per heavy atom. The van der Waals surface area contributed by atoms with Gasteiger partial charge in [-0.1, -0.05) is 18.2 Å². The fourth-order valence-corrected chi connectivity index (χ4v) is 3.39. The lowest BCUT2D eigenvalue weighted by molar-refractivity contribution is -0.136. The molecule has 30 heavy (non-hydrogen) atoms. The SMILES string of the molecule is COCCCN1C(=O)C(Nc2cccc(C)c2)=C(c2ccc(OC)c(OC)c2)C1=O. The first-order chi connectivity index (χ1) is 14.5. The first-order valence-electron chi connectivity index (χ1n) is 9.65. The van der Waals surface area contributed by atoms with Crippen molar-refractivity contribution in [3.8, 4) is 11.5 Å². The van der Waals surface area contributed by atoms with Crippen LogP contribution in [0.1, 0.15) is 17.5 Å². The van der Waals surface area contributed by atoms with E-state index in [1.54, 1.807) is 32.4 Å². The number of ether oxygens (including phenoxy) is 3. The number of amides is 2. The molecule has 1 aliphatic heterocycles. The molecule has 0 unspecified atom stereocenters. The molecular formula is C23H26N2O5. The van der Waals surface area contributed by atoms with Gasteiger partial charge < -0.3 is 19.5 Å². The van der Waals surface area contributed by atoms with Crippen molar-refractivity contribution in [1.29, 1.82) is 0 Å².